The van der Waals surface area contributed by atoms with Crippen molar-refractivity contribution in [3.8, 4) is 0 Å². The van der Waals surface area contributed by atoms with Crippen LogP contribution in [0.5, 0.6) is 0 Å². The number of carboxylic acids is 2. The summed E-state index contributed by atoms with van der Waals surface area (Å²) in [4.78, 5) is 21.5. The molecule has 0 N–H and O–H groups in total. The van der Waals surface area contributed by atoms with Gasteiger partial charge in [0.2, 0.25) is 0 Å². The molecule has 0 bridgehead atoms. The second kappa shape index (κ2) is 3.82. The van der Waals surface area contributed by atoms with E-state index in [4.69, 9.17) is 0 Å². The molecule has 0 aromatic carbocycles. The summed E-state index contributed by atoms with van der Waals surface area (Å²) < 4.78 is 0. The fourth-order valence-electron chi connectivity index (χ4n) is 2.07. The van der Waals surface area contributed by atoms with Crippen LogP contribution >= 0.6 is 0 Å². The number of carboxylic acid groups (broad SMARTS) is 2. The molecule has 0 saturated heterocycles. The highest BCUT2D eigenvalue weighted by Gasteiger charge is 2.31. The smallest absolute Gasteiger partial charge is 0.0457 e. The maximum absolute atomic E-state index is 10.8. The fourth-order valence-corrected chi connectivity index (χ4v) is 2.07. The van der Waals surface area contributed by atoms with E-state index in [-0.39, 0.29) is 12.3 Å². The topological polar surface area (TPSA) is 80.3 Å². The van der Waals surface area contributed by atoms with Crippen LogP contribution in [-0.4, -0.2) is 11.9 Å². The van der Waals surface area contributed by atoms with E-state index in [1.807, 2.05) is 0 Å². The Hall–Kier alpha value is -1.32. The molecule has 78 valence electrons. The van der Waals surface area contributed by atoms with Crippen LogP contribution in [0.3, 0.4) is 0 Å². The number of hydrogen-bond acceptors (Lipinski definition) is 4. The van der Waals surface area contributed by atoms with Crippen LogP contribution in [0.25, 0.3) is 0 Å². The number of allylic oxidation sites excluding steroid dienone is 2. The Morgan fingerprint density at radius 2 is 1.93 bits per heavy atom. The van der Waals surface area contributed by atoms with Crippen molar-refractivity contribution >= 4 is 11.9 Å². The van der Waals surface area contributed by atoms with Gasteiger partial charge < -0.3 is 19.8 Å². The van der Waals surface area contributed by atoms with E-state index < -0.39 is 23.8 Å². The summed E-state index contributed by atoms with van der Waals surface area (Å²) in [5.41, 5.74) is 0.893. The molecule has 0 heterocycles. The molecule has 0 unspecified atom stereocenters. The van der Waals surface area contributed by atoms with E-state index in [2.05, 4.69) is 0 Å². The van der Waals surface area contributed by atoms with E-state index in [9.17, 15) is 19.8 Å². The molecular formula is C10H12O4-2. The molecule has 4 heteroatoms. The third kappa shape index (κ3) is 1.95. The van der Waals surface area contributed by atoms with E-state index in [0.717, 1.165) is 5.57 Å². The van der Waals surface area contributed by atoms with Crippen molar-refractivity contribution in [2.75, 3.05) is 0 Å². The summed E-state index contributed by atoms with van der Waals surface area (Å²) in [6.07, 6.45) is 2.02. The Labute approximate surface area is 82.2 Å². The molecule has 14 heavy (non-hydrogen) atoms. The summed E-state index contributed by atoms with van der Waals surface area (Å²) in [5.74, 6) is -4.85. The highest BCUT2D eigenvalue weighted by molar-refractivity contribution is 5.79. The molecule has 3 atom stereocenters. The molecule has 1 aliphatic carbocycles. The molecular weight excluding hydrogens is 184 g/mol. The average molecular weight is 196 g/mol. The van der Waals surface area contributed by atoms with Gasteiger partial charge in [-0.2, -0.15) is 0 Å². The average Bonchev–Trinajstić information content (AvgIpc) is 2.01. The number of hydrogen-bond donors (Lipinski definition) is 0. The zero-order valence-electron chi connectivity index (χ0n) is 8.15. The van der Waals surface area contributed by atoms with Gasteiger partial charge in [0, 0.05) is 23.8 Å². The van der Waals surface area contributed by atoms with Gasteiger partial charge in [-0.15, -0.1) is 0 Å². The molecule has 0 aromatic rings. The standard InChI is InChI=1S/C10H14O4/c1-5-3-6(2)8(10(13)14)7(4-5)9(11)12/h3,6-8H,4H2,1-2H3,(H,11,12)(H,13,14)/p-2/t6-,7+,8+/m0/s1. The summed E-state index contributed by atoms with van der Waals surface area (Å²) in [5, 5.41) is 21.5. The zero-order valence-corrected chi connectivity index (χ0v) is 8.15. The minimum Gasteiger partial charge on any atom is -0.550 e. The van der Waals surface area contributed by atoms with Gasteiger partial charge in [0.1, 0.15) is 0 Å². The van der Waals surface area contributed by atoms with Crippen molar-refractivity contribution in [2.45, 2.75) is 20.3 Å². The second-order valence-electron chi connectivity index (χ2n) is 3.85. The van der Waals surface area contributed by atoms with Crippen LogP contribution in [0.15, 0.2) is 11.6 Å². The first kappa shape index (κ1) is 10.8. The van der Waals surface area contributed by atoms with Crippen LogP contribution in [0, 0.1) is 17.8 Å². The van der Waals surface area contributed by atoms with Crippen LogP contribution in [0.2, 0.25) is 0 Å². The maximum atomic E-state index is 10.8. The number of aliphatic carboxylic acids is 2. The number of carbonyl (C=O) groups excluding carboxylic acids is 2. The molecule has 0 amide bonds. The zero-order chi connectivity index (χ0) is 10.9. The Morgan fingerprint density at radius 3 is 2.36 bits per heavy atom. The molecule has 0 fully saturated rings. The Morgan fingerprint density at radius 1 is 1.36 bits per heavy atom. The molecule has 1 rings (SSSR count). The first-order chi connectivity index (χ1) is 6.43. The van der Waals surface area contributed by atoms with Crippen molar-refractivity contribution in [3.05, 3.63) is 11.6 Å². The Bertz CT molecular complexity index is 292. The fraction of sp³-hybridized carbons (Fsp3) is 0.600. The molecule has 0 radical (unpaired) electrons. The Balaban J connectivity index is 2.98. The third-order valence-corrected chi connectivity index (χ3v) is 2.66. The summed E-state index contributed by atoms with van der Waals surface area (Å²) in [7, 11) is 0. The minimum absolute atomic E-state index is 0.241. The molecule has 0 aromatic heterocycles. The molecule has 1 aliphatic rings. The van der Waals surface area contributed by atoms with Gasteiger partial charge in [0.25, 0.3) is 0 Å². The van der Waals surface area contributed by atoms with Gasteiger partial charge in [-0.3, -0.25) is 0 Å². The quantitative estimate of drug-likeness (QED) is 0.514. The lowest BCUT2D eigenvalue weighted by Crippen LogP contribution is -2.47. The lowest BCUT2D eigenvalue weighted by molar-refractivity contribution is -0.328. The van der Waals surface area contributed by atoms with Gasteiger partial charge in [-0.05, 0) is 19.3 Å². The summed E-state index contributed by atoms with van der Waals surface area (Å²) in [6.45, 7) is 3.47. The van der Waals surface area contributed by atoms with Crippen LogP contribution in [0.4, 0.5) is 0 Å². The van der Waals surface area contributed by atoms with E-state index in [1.54, 1.807) is 19.9 Å². The van der Waals surface area contributed by atoms with Crippen LogP contribution in [-0.2, 0) is 9.59 Å². The van der Waals surface area contributed by atoms with Crippen molar-refractivity contribution < 1.29 is 19.8 Å². The van der Waals surface area contributed by atoms with Crippen LogP contribution in [0.1, 0.15) is 20.3 Å². The molecule has 0 spiro atoms. The first-order valence-electron chi connectivity index (χ1n) is 4.52. The lowest BCUT2D eigenvalue weighted by Gasteiger charge is -2.36. The predicted molar refractivity (Wildman–Crippen MR) is 44.5 cm³/mol. The first-order valence-corrected chi connectivity index (χ1v) is 4.52. The van der Waals surface area contributed by atoms with Crippen molar-refractivity contribution in [2.24, 2.45) is 17.8 Å². The van der Waals surface area contributed by atoms with Crippen LogP contribution < -0.4 is 10.2 Å². The summed E-state index contributed by atoms with van der Waals surface area (Å²) in [6, 6.07) is 0. The third-order valence-electron chi connectivity index (χ3n) is 2.66. The monoisotopic (exact) mass is 196 g/mol. The van der Waals surface area contributed by atoms with Gasteiger partial charge >= 0.3 is 0 Å². The molecule has 4 nitrogen and oxygen atoms in total. The molecule has 0 saturated carbocycles. The minimum atomic E-state index is -1.31. The van der Waals surface area contributed by atoms with E-state index >= 15 is 0 Å². The lowest BCUT2D eigenvalue weighted by atomic mass is 9.74. The van der Waals surface area contributed by atoms with Crippen molar-refractivity contribution in [1.82, 2.24) is 0 Å². The van der Waals surface area contributed by atoms with Crippen molar-refractivity contribution in [1.29, 1.82) is 0 Å². The normalized spacial score (nSPS) is 32.1. The molecule has 0 aliphatic heterocycles. The van der Waals surface area contributed by atoms with E-state index in [1.165, 1.54) is 0 Å². The van der Waals surface area contributed by atoms with Gasteiger partial charge in [-0.25, -0.2) is 0 Å². The van der Waals surface area contributed by atoms with E-state index in [0.29, 0.717) is 0 Å². The number of rotatable bonds is 2. The van der Waals surface area contributed by atoms with Gasteiger partial charge in [-0.1, -0.05) is 18.6 Å². The van der Waals surface area contributed by atoms with Crippen molar-refractivity contribution in [3.63, 3.8) is 0 Å². The Kier molecular flexibility index (Phi) is 2.93. The van der Waals surface area contributed by atoms with Gasteiger partial charge in [0.15, 0.2) is 0 Å². The highest BCUT2D eigenvalue weighted by Crippen LogP contribution is 2.33. The largest absolute Gasteiger partial charge is 0.550 e. The predicted octanol–water partition coefficient (Wildman–Crippen LogP) is -1.30. The maximum Gasteiger partial charge on any atom is 0.0457 e. The SMILES string of the molecule is CC1=C[C@H](C)[C@@H](C(=O)[O-])[C@H](C(=O)[O-])C1. The van der Waals surface area contributed by atoms with Gasteiger partial charge in [0.05, 0.1) is 0 Å². The highest BCUT2D eigenvalue weighted by atomic mass is 16.4. The second-order valence-corrected chi connectivity index (χ2v) is 3.85. The summed E-state index contributed by atoms with van der Waals surface area (Å²) >= 11 is 0. The number of carbonyl (C=O) groups is 2.